The van der Waals surface area contributed by atoms with Crippen LogP contribution in [-0.4, -0.2) is 54.6 Å². The number of anilines is 3. The maximum Gasteiger partial charge on any atom is 0.259 e. The second-order valence-corrected chi connectivity index (χ2v) is 14.1. The fourth-order valence-electron chi connectivity index (χ4n) is 7.10. The van der Waals surface area contributed by atoms with Crippen LogP contribution in [0.4, 0.5) is 26.0 Å². The van der Waals surface area contributed by atoms with Gasteiger partial charge in [-0.3, -0.25) is 14.6 Å². The number of halogens is 2. The lowest BCUT2D eigenvalue weighted by molar-refractivity contribution is -0.000510. The molecule has 2 fully saturated rings. The third-order valence-electron chi connectivity index (χ3n) is 9.74. The lowest BCUT2D eigenvalue weighted by Gasteiger charge is -2.53. The molecule has 5 aromatic rings. The molecule has 3 aliphatic heterocycles. The zero-order valence-electron chi connectivity index (χ0n) is 26.8. The summed E-state index contributed by atoms with van der Waals surface area (Å²) in [6.45, 7) is 5.47. The molecule has 49 heavy (non-hydrogen) atoms. The first-order valence-corrected chi connectivity index (χ1v) is 17.1. The van der Waals surface area contributed by atoms with Gasteiger partial charge in [-0.05, 0) is 98.0 Å². The first kappa shape index (κ1) is 31.3. The van der Waals surface area contributed by atoms with E-state index in [-0.39, 0.29) is 17.2 Å². The lowest BCUT2D eigenvalue weighted by Crippen LogP contribution is -2.59. The number of aryl methyl sites for hydroxylation is 1. The number of carbonyl (C=O) groups is 2. The van der Waals surface area contributed by atoms with Crippen LogP contribution in [0, 0.1) is 24.0 Å². The van der Waals surface area contributed by atoms with Gasteiger partial charge in [0.25, 0.3) is 11.8 Å². The van der Waals surface area contributed by atoms with Gasteiger partial charge in [0, 0.05) is 82.8 Å². The summed E-state index contributed by atoms with van der Waals surface area (Å²) in [7, 11) is 0. The van der Waals surface area contributed by atoms with Crippen LogP contribution in [0.3, 0.4) is 0 Å². The molecule has 0 saturated carbocycles. The molecule has 6 heterocycles. The molecule has 0 aliphatic carbocycles. The number of fused-ring (bicyclic) bond motifs is 3. The largest absolute Gasteiger partial charge is 0.381 e. The van der Waals surface area contributed by atoms with Crippen LogP contribution in [-0.2, 0) is 11.2 Å². The minimum atomic E-state index is -0.457. The van der Waals surface area contributed by atoms with E-state index in [4.69, 9.17) is 4.74 Å². The summed E-state index contributed by atoms with van der Waals surface area (Å²) in [5.74, 6) is -0.755. The van der Waals surface area contributed by atoms with Crippen molar-refractivity contribution in [3.05, 3.63) is 113 Å². The van der Waals surface area contributed by atoms with E-state index >= 15 is 0 Å². The summed E-state index contributed by atoms with van der Waals surface area (Å²) in [4.78, 5) is 41.4. The summed E-state index contributed by atoms with van der Waals surface area (Å²) < 4.78 is 34.8. The average Bonchev–Trinajstić information content (AvgIpc) is 3.45. The van der Waals surface area contributed by atoms with Crippen LogP contribution in [0.15, 0.2) is 79.3 Å². The fraction of sp³-hybridized carbons (Fsp3) is 0.263. The molecule has 2 saturated heterocycles. The van der Waals surface area contributed by atoms with Crippen LogP contribution in [0.1, 0.15) is 44.7 Å². The summed E-state index contributed by atoms with van der Waals surface area (Å²) in [6.07, 6.45) is 7.07. The molecule has 0 radical (unpaired) electrons. The third kappa shape index (κ3) is 5.87. The molecular weight excluding hydrogens is 645 g/mol. The smallest absolute Gasteiger partial charge is 0.259 e. The number of rotatable bonds is 5. The molecular formula is C38H33F2N5O3S. The highest BCUT2D eigenvalue weighted by atomic mass is 32.1. The molecule has 8 nitrogen and oxygen atoms in total. The van der Waals surface area contributed by atoms with Gasteiger partial charge in [-0.25, -0.2) is 13.8 Å². The van der Waals surface area contributed by atoms with E-state index < -0.39 is 11.6 Å². The van der Waals surface area contributed by atoms with Crippen molar-refractivity contribution in [1.29, 1.82) is 0 Å². The van der Waals surface area contributed by atoms with Crippen molar-refractivity contribution in [3.8, 4) is 20.9 Å². The zero-order valence-corrected chi connectivity index (χ0v) is 27.7. The van der Waals surface area contributed by atoms with Crippen molar-refractivity contribution in [2.75, 3.05) is 48.0 Å². The van der Waals surface area contributed by atoms with Crippen LogP contribution < -0.4 is 15.1 Å². The lowest BCUT2D eigenvalue weighted by atomic mass is 9.73. The monoisotopic (exact) mass is 677 g/mol. The molecule has 0 bridgehead atoms. The van der Waals surface area contributed by atoms with Gasteiger partial charge < -0.3 is 19.9 Å². The van der Waals surface area contributed by atoms with Gasteiger partial charge >= 0.3 is 0 Å². The minimum absolute atomic E-state index is 0.231. The number of pyridine rings is 2. The Balaban J connectivity index is 1.01. The number of aromatic nitrogens is 2. The summed E-state index contributed by atoms with van der Waals surface area (Å²) in [6, 6.07) is 16.6. The highest BCUT2D eigenvalue weighted by Crippen LogP contribution is 2.45. The van der Waals surface area contributed by atoms with E-state index in [1.807, 2.05) is 19.1 Å². The van der Waals surface area contributed by atoms with Crippen LogP contribution in [0.5, 0.6) is 0 Å². The number of nitrogens with one attached hydrogen (secondary N) is 1. The Kier molecular flexibility index (Phi) is 7.96. The van der Waals surface area contributed by atoms with Gasteiger partial charge in [0.05, 0.1) is 17.4 Å². The maximum absolute atomic E-state index is 14.7. The average molecular weight is 678 g/mol. The van der Waals surface area contributed by atoms with Crippen LogP contribution in [0.25, 0.3) is 20.9 Å². The molecule has 3 aliphatic rings. The standard InChI is InChI=1S/C38H33F2N5O3S/c1-23-16-30(35(42-19-23)44-21-38(22-44)10-14-48-15-11-38)36(46)43-27-5-2-24(3-6-27)37(47)45-13-9-25-17-33(28-8-12-41-20-31(28)40)49-34(25)29-7-4-26(39)18-32(29)45/h2-8,12,16-20H,9-11,13-15,21-22H2,1H3,(H,43,46). The van der Waals surface area contributed by atoms with Gasteiger partial charge in [0.2, 0.25) is 0 Å². The normalized spacial score (nSPS) is 16.4. The molecule has 3 aromatic heterocycles. The van der Waals surface area contributed by atoms with Gasteiger partial charge in [-0.15, -0.1) is 11.3 Å². The molecule has 248 valence electrons. The molecule has 2 amide bonds. The van der Waals surface area contributed by atoms with Crippen molar-refractivity contribution in [1.82, 2.24) is 9.97 Å². The Hall–Kier alpha value is -5.00. The van der Waals surface area contributed by atoms with E-state index in [2.05, 4.69) is 20.2 Å². The molecule has 2 aromatic carbocycles. The number of nitrogens with zero attached hydrogens (tertiary/aromatic N) is 4. The van der Waals surface area contributed by atoms with E-state index in [0.717, 1.165) is 60.0 Å². The Morgan fingerprint density at radius 3 is 2.53 bits per heavy atom. The summed E-state index contributed by atoms with van der Waals surface area (Å²) in [5, 5.41) is 2.98. The molecule has 0 atom stereocenters. The SMILES string of the molecule is Cc1cnc(N2CC3(CCOCC3)C2)c(C(=O)Nc2ccc(C(=O)N3CCc4cc(-c5ccncc5F)sc4-c4ccc(F)cc43)cc2)c1. The Morgan fingerprint density at radius 1 is 0.959 bits per heavy atom. The van der Waals surface area contributed by atoms with E-state index in [0.29, 0.717) is 52.4 Å². The number of amides is 2. The number of benzene rings is 2. The van der Waals surface area contributed by atoms with E-state index in [1.54, 1.807) is 53.7 Å². The quantitative estimate of drug-likeness (QED) is 0.207. The maximum atomic E-state index is 14.7. The Labute approximate surface area is 286 Å². The predicted molar refractivity (Wildman–Crippen MR) is 186 cm³/mol. The molecule has 1 spiro atoms. The van der Waals surface area contributed by atoms with Crippen LogP contribution in [0.2, 0.25) is 0 Å². The first-order valence-electron chi connectivity index (χ1n) is 16.3. The summed E-state index contributed by atoms with van der Waals surface area (Å²) >= 11 is 1.41. The van der Waals surface area contributed by atoms with Crippen molar-refractivity contribution < 1.29 is 23.1 Å². The van der Waals surface area contributed by atoms with Crippen molar-refractivity contribution in [3.63, 3.8) is 0 Å². The first-order chi connectivity index (χ1) is 23.8. The van der Waals surface area contributed by atoms with Crippen molar-refractivity contribution >= 4 is 40.3 Å². The Bertz CT molecular complexity index is 2090. The second kappa shape index (κ2) is 12.5. The molecule has 8 rings (SSSR count). The number of carbonyl (C=O) groups excluding carboxylic acids is 2. The molecule has 1 N–H and O–H groups in total. The van der Waals surface area contributed by atoms with Gasteiger partial charge in [0.15, 0.2) is 0 Å². The number of thiophene rings is 1. The Morgan fingerprint density at radius 2 is 1.76 bits per heavy atom. The minimum Gasteiger partial charge on any atom is -0.381 e. The number of hydrogen-bond donors (Lipinski definition) is 1. The van der Waals surface area contributed by atoms with Gasteiger partial charge in [0.1, 0.15) is 17.5 Å². The zero-order chi connectivity index (χ0) is 33.7. The number of ether oxygens (including phenoxy) is 1. The predicted octanol–water partition coefficient (Wildman–Crippen LogP) is 7.53. The number of hydrogen-bond acceptors (Lipinski definition) is 7. The van der Waals surface area contributed by atoms with Crippen LogP contribution >= 0.6 is 11.3 Å². The van der Waals surface area contributed by atoms with Gasteiger partial charge in [-0.1, -0.05) is 0 Å². The van der Waals surface area contributed by atoms with Crippen molar-refractivity contribution in [2.45, 2.75) is 26.2 Å². The van der Waals surface area contributed by atoms with E-state index in [9.17, 15) is 18.4 Å². The fourth-order valence-corrected chi connectivity index (χ4v) is 8.37. The topological polar surface area (TPSA) is 87.7 Å². The van der Waals surface area contributed by atoms with Gasteiger partial charge in [-0.2, -0.15) is 0 Å². The second-order valence-electron chi connectivity index (χ2n) is 13.1. The summed E-state index contributed by atoms with van der Waals surface area (Å²) in [5.41, 5.74) is 5.15. The molecule has 11 heteroatoms. The molecule has 0 unspecified atom stereocenters. The highest BCUT2D eigenvalue weighted by Gasteiger charge is 2.45. The highest BCUT2D eigenvalue weighted by molar-refractivity contribution is 7.19. The van der Waals surface area contributed by atoms with E-state index in [1.165, 1.54) is 29.7 Å². The third-order valence-corrected chi connectivity index (χ3v) is 11.0. The van der Waals surface area contributed by atoms with Crippen molar-refractivity contribution in [2.24, 2.45) is 5.41 Å².